The minimum Gasteiger partial charge on any atom is -0.507 e. The number of phenols is 4. The fraction of sp³-hybridized carbons (Fsp3) is 0.593. The van der Waals surface area contributed by atoms with Crippen LogP contribution in [0, 0.1) is 0 Å². The molecule has 0 amide bonds. The molecule has 4 rings (SSSR count). The minimum absolute atomic E-state index is 0.212. The van der Waals surface area contributed by atoms with Gasteiger partial charge in [0.25, 0.3) is 0 Å². The van der Waals surface area contributed by atoms with E-state index < -0.39 is 0 Å². The van der Waals surface area contributed by atoms with E-state index in [1.54, 1.807) is 0 Å². The molecule has 0 aliphatic heterocycles. The highest BCUT2D eigenvalue weighted by Gasteiger charge is 2.37. The third-order valence-electron chi connectivity index (χ3n) is 13.1. The predicted molar refractivity (Wildman–Crippen MR) is 270 cm³/mol. The molecular formula is C59H88O4. The summed E-state index contributed by atoms with van der Waals surface area (Å²) in [6, 6.07) is 17.9. The van der Waals surface area contributed by atoms with Crippen molar-refractivity contribution in [1.29, 1.82) is 0 Å². The molecule has 348 valence electrons. The smallest absolute Gasteiger partial charge is 0.123 e. The lowest BCUT2D eigenvalue weighted by Gasteiger charge is -2.35. The average molecular weight is 861 g/mol. The van der Waals surface area contributed by atoms with Crippen LogP contribution in [0.15, 0.2) is 48.5 Å². The van der Waals surface area contributed by atoms with Crippen LogP contribution in [0.2, 0.25) is 0 Å². The Morgan fingerprint density at radius 1 is 0.254 bits per heavy atom. The summed E-state index contributed by atoms with van der Waals surface area (Å²) in [7, 11) is 0. The Bertz CT molecular complexity index is 1850. The Morgan fingerprint density at radius 3 is 0.460 bits per heavy atom. The van der Waals surface area contributed by atoms with E-state index in [1.165, 1.54) is 0 Å². The highest BCUT2D eigenvalue weighted by atomic mass is 16.3. The molecule has 0 atom stereocenters. The van der Waals surface area contributed by atoms with Gasteiger partial charge < -0.3 is 20.4 Å². The normalized spacial score (nSPS) is 14.0. The topological polar surface area (TPSA) is 80.9 Å². The summed E-state index contributed by atoms with van der Waals surface area (Å²) < 4.78 is 0. The number of hydrogen-bond donors (Lipinski definition) is 4. The molecule has 0 fully saturated rings. The van der Waals surface area contributed by atoms with Gasteiger partial charge in [0.05, 0.1) is 0 Å². The maximum Gasteiger partial charge on any atom is 0.123 e. The van der Waals surface area contributed by atoms with Gasteiger partial charge in [-0.25, -0.2) is 0 Å². The second-order valence-electron chi connectivity index (χ2n) is 27.2. The lowest BCUT2D eigenvalue weighted by molar-refractivity contribution is 0.421. The Morgan fingerprint density at radius 2 is 0.365 bits per heavy atom. The molecule has 63 heavy (non-hydrogen) atoms. The van der Waals surface area contributed by atoms with Crippen molar-refractivity contribution in [2.45, 2.75) is 228 Å². The van der Waals surface area contributed by atoms with Crippen molar-refractivity contribution in [2.75, 3.05) is 0 Å². The zero-order chi connectivity index (χ0) is 48.8. The third kappa shape index (κ3) is 11.1. The molecule has 0 unspecified atom stereocenters. The molecule has 4 heteroatoms. The van der Waals surface area contributed by atoms with E-state index in [9.17, 15) is 20.4 Å². The van der Waals surface area contributed by atoms with E-state index in [0.29, 0.717) is 29.4 Å². The van der Waals surface area contributed by atoms with Crippen LogP contribution in [-0.2, 0) is 43.3 Å². The Kier molecular flexibility index (Phi) is 13.5. The SMILES string of the molecule is CC(C)(C)c1cc(C(CC(c2cc(C(C)(C)C)c(O)c(C(C)(C)C)c2)c2cc(C(C)(C)C)c(O)c(C(C)(C)C)c2)c2cc(C(C)(C)C)c(O)c(C(C)(C)C)c2)cc(C(C)(C)C)c1O. The molecule has 0 heterocycles. The summed E-state index contributed by atoms with van der Waals surface area (Å²) >= 11 is 0. The third-order valence-corrected chi connectivity index (χ3v) is 13.1. The summed E-state index contributed by atoms with van der Waals surface area (Å²) in [6.45, 7) is 52.1. The fourth-order valence-corrected chi connectivity index (χ4v) is 9.17. The fourth-order valence-electron chi connectivity index (χ4n) is 9.17. The standard InChI is InChI=1S/C59H88O4/c1-52(2,3)40-25-34(26-41(48(40)60)53(4,5)6)38(35-27-42(54(7,8)9)49(61)43(28-35)55(10,11)12)33-39(36-29-44(56(13,14)15)50(62)45(30-36)57(16,17)18)37-31-46(58(19,20)21)51(63)47(32-37)59(22,23)24/h25-32,38-39,60-63H,33H2,1-24H3. The maximum atomic E-state index is 12.1. The van der Waals surface area contributed by atoms with E-state index in [-0.39, 0.29) is 55.2 Å². The van der Waals surface area contributed by atoms with Crippen LogP contribution in [0.1, 0.15) is 251 Å². The number of benzene rings is 4. The molecule has 4 aromatic carbocycles. The van der Waals surface area contributed by atoms with E-state index >= 15 is 0 Å². The molecule has 4 nitrogen and oxygen atoms in total. The largest absolute Gasteiger partial charge is 0.507 e. The van der Waals surface area contributed by atoms with Crippen LogP contribution in [-0.4, -0.2) is 20.4 Å². The second kappa shape index (κ2) is 16.5. The first-order valence-electron chi connectivity index (χ1n) is 23.5. The summed E-state index contributed by atoms with van der Waals surface area (Å²) in [6.07, 6.45) is 0.631. The number of hydrogen-bond acceptors (Lipinski definition) is 4. The van der Waals surface area contributed by atoms with E-state index in [0.717, 1.165) is 66.8 Å². The van der Waals surface area contributed by atoms with Crippen molar-refractivity contribution in [1.82, 2.24) is 0 Å². The quantitative estimate of drug-likeness (QED) is 0.156. The van der Waals surface area contributed by atoms with Gasteiger partial charge in [0.2, 0.25) is 0 Å². The Labute approximate surface area is 385 Å². The van der Waals surface area contributed by atoms with Crippen molar-refractivity contribution in [3.8, 4) is 23.0 Å². The van der Waals surface area contributed by atoms with Gasteiger partial charge in [-0.15, -0.1) is 0 Å². The molecule has 0 aliphatic rings. The minimum atomic E-state index is -0.355. The van der Waals surface area contributed by atoms with Gasteiger partial charge in [-0.1, -0.05) is 215 Å². The molecule has 0 aromatic heterocycles. The van der Waals surface area contributed by atoms with Crippen molar-refractivity contribution < 1.29 is 20.4 Å². The van der Waals surface area contributed by atoms with Crippen LogP contribution in [0.3, 0.4) is 0 Å². The number of aromatic hydroxyl groups is 4. The average Bonchev–Trinajstić information content (AvgIpc) is 3.05. The van der Waals surface area contributed by atoms with Crippen molar-refractivity contribution >= 4 is 0 Å². The maximum absolute atomic E-state index is 12.1. The van der Waals surface area contributed by atoms with Crippen LogP contribution in [0.25, 0.3) is 0 Å². The lowest BCUT2D eigenvalue weighted by Crippen LogP contribution is -2.22. The second-order valence-corrected chi connectivity index (χ2v) is 27.2. The van der Waals surface area contributed by atoms with Gasteiger partial charge in [0.15, 0.2) is 0 Å². The molecule has 0 aliphatic carbocycles. The Balaban J connectivity index is 2.39. The molecule has 4 aromatic rings. The number of phenolic OH excluding ortho intramolecular Hbond substituents is 4. The van der Waals surface area contributed by atoms with Gasteiger partial charge in [-0.3, -0.25) is 0 Å². The van der Waals surface area contributed by atoms with Gasteiger partial charge in [-0.05, 0) is 117 Å². The zero-order valence-electron chi connectivity index (χ0n) is 44.3. The first kappa shape index (κ1) is 51.7. The number of rotatable bonds is 6. The summed E-state index contributed by atoms with van der Waals surface area (Å²) in [5.41, 5.74) is 8.82. The van der Waals surface area contributed by atoms with E-state index in [4.69, 9.17) is 0 Å². The molecule has 0 radical (unpaired) electrons. The van der Waals surface area contributed by atoms with E-state index in [2.05, 4.69) is 215 Å². The zero-order valence-corrected chi connectivity index (χ0v) is 44.3. The van der Waals surface area contributed by atoms with Crippen molar-refractivity contribution in [3.63, 3.8) is 0 Å². The summed E-state index contributed by atoms with van der Waals surface area (Å²) in [5, 5.41) is 48.4. The van der Waals surface area contributed by atoms with Gasteiger partial charge in [-0.2, -0.15) is 0 Å². The van der Waals surface area contributed by atoms with Gasteiger partial charge >= 0.3 is 0 Å². The molecular weight excluding hydrogens is 773 g/mol. The Hall–Kier alpha value is -3.92. The van der Waals surface area contributed by atoms with Gasteiger partial charge in [0, 0.05) is 11.8 Å². The summed E-state index contributed by atoms with van der Waals surface area (Å²) in [4.78, 5) is 0. The summed E-state index contributed by atoms with van der Waals surface area (Å²) in [5.74, 6) is 0.952. The molecule has 0 spiro atoms. The lowest BCUT2D eigenvalue weighted by atomic mass is 9.69. The van der Waals surface area contributed by atoms with Crippen molar-refractivity contribution in [3.05, 3.63) is 115 Å². The highest BCUT2D eigenvalue weighted by molar-refractivity contribution is 5.59. The predicted octanol–water partition coefficient (Wildman–Crippen LogP) is 16.2. The molecule has 0 saturated heterocycles. The first-order valence-corrected chi connectivity index (χ1v) is 23.5. The van der Waals surface area contributed by atoms with Crippen LogP contribution in [0.5, 0.6) is 23.0 Å². The molecule has 0 bridgehead atoms. The van der Waals surface area contributed by atoms with Crippen LogP contribution >= 0.6 is 0 Å². The molecule has 0 saturated carbocycles. The van der Waals surface area contributed by atoms with Crippen LogP contribution < -0.4 is 0 Å². The van der Waals surface area contributed by atoms with E-state index in [1.807, 2.05) is 0 Å². The van der Waals surface area contributed by atoms with Gasteiger partial charge in [0.1, 0.15) is 23.0 Å². The highest BCUT2D eigenvalue weighted by Crippen LogP contribution is 2.51. The monoisotopic (exact) mass is 861 g/mol. The first-order chi connectivity index (χ1) is 28.0. The van der Waals surface area contributed by atoms with Crippen molar-refractivity contribution in [2.24, 2.45) is 0 Å². The molecule has 4 N–H and O–H groups in total. The van der Waals surface area contributed by atoms with Crippen LogP contribution in [0.4, 0.5) is 0 Å².